The average Bonchev–Trinajstić information content (AvgIpc) is 2.30. The molecule has 21 heavy (non-hydrogen) atoms. The number of hydrogen-bond acceptors (Lipinski definition) is 3. The van der Waals surface area contributed by atoms with Crippen molar-refractivity contribution in [1.82, 2.24) is 4.98 Å². The fourth-order valence-electron chi connectivity index (χ4n) is 1.62. The van der Waals surface area contributed by atoms with Crippen LogP contribution < -0.4 is 4.72 Å². The number of halogens is 4. The van der Waals surface area contributed by atoms with Crippen LogP contribution in [0.2, 0.25) is 10.0 Å². The molecule has 0 saturated heterocycles. The van der Waals surface area contributed by atoms with E-state index in [9.17, 15) is 8.42 Å². The second-order valence-electron chi connectivity index (χ2n) is 4.07. The Morgan fingerprint density at radius 2 is 1.71 bits per heavy atom. The van der Waals surface area contributed by atoms with Crippen molar-refractivity contribution < 1.29 is 8.42 Å². The highest BCUT2D eigenvalue weighted by Gasteiger charge is 2.23. The zero-order chi connectivity index (χ0) is 15.8. The maximum atomic E-state index is 12.5. The van der Waals surface area contributed by atoms with E-state index in [2.05, 4.69) is 41.6 Å². The lowest BCUT2D eigenvalue weighted by Crippen LogP contribution is -2.15. The predicted octanol–water partition coefficient (Wildman–Crippen LogP) is 5.02. The van der Waals surface area contributed by atoms with Gasteiger partial charge in [-0.05, 0) is 47.1 Å². The summed E-state index contributed by atoms with van der Waals surface area (Å²) in [6.07, 6.45) is 0. The molecule has 1 aromatic heterocycles. The molecule has 0 amide bonds. The van der Waals surface area contributed by atoms with Crippen molar-refractivity contribution in [3.8, 4) is 0 Å². The van der Waals surface area contributed by atoms with Gasteiger partial charge < -0.3 is 0 Å². The van der Waals surface area contributed by atoms with E-state index in [0.29, 0.717) is 20.5 Å². The summed E-state index contributed by atoms with van der Waals surface area (Å²) in [5.41, 5.74) is 0.880. The minimum Gasteiger partial charge on any atom is -0.278 e. The molecule has 0 radical (unpaired) electrons. The number of aryl methyl sites for hydroxylation is 1. The number of rotatable bonds is 3. The van der Waals surface area contributed by atoms with Crippen molar-refractivity contribution in [3.05, 3.63) is 49.1 Å². The van der Waals surface area contributed by atoms with Crippen molar-refractivity contribution in [2.24, 2.45) is 0 Å². The van der Waals surface area contributed by atoms with Crippen molar-refractivity contribution in [1.29, 1.82) is 0 Å². The van der Waals surface area contributed by atoms with E-state index in [0.717, 1.165) is 0 Å². The van der Waals surface area contributed by atoms with Crippen LogP contribution in [-0.2, 0) is 10.0 Å². The zero-order valence-electron chi connectivity index (χ0n) is 10.5. The Hall–Kier alpha value is -0.340. The lowest BCUT2D eigenvalue weighted by Gasteiger charge is -2.13. The summed E-state index contributed by atoms with van der Waals surface area (Å²) in [5, 5.41) is 0.0641. The number of anilines is 1. The van der Waals surface area contributed by atoms with Gasteiger partial charge in [-0.15, -0.1) is 0 Å². The largest absolute Gasteiger partial charge is 0.278 e. The maximum Gasteiger partial charge on any atom is 0.264 e. The highest BCUT2D eigenvalue weighted by Crippen LogP contribution is 2.34. The smallest absolute Gasteiger partial charge is 0.264 e. The van der Waals surface area contributed by atoms with Gasteiger partial charge in [0.15, 0.2) is 0 Å². The summed E-state index contributed by atoms with van der Waals surface area (Å²) in [4.78, 5) is 3.96. The van der Waals surface area contributed by atoms with Crippen LogP contribution in [0.15, 0.2) is 38.2 Å². The first-order valence-corrected chi connectivity index (χ1v) is 9.34. The number of aromatic nitrogens is 1. The number of benzene rings is 1. The van der Waals surface area contributed by atoms with Crippen LogP contribution >= 0.6 is 55.1 Å². The summed E-state index contributed by atoms with van der Waals surface area (Å²) >= 11 is 18.4. The molecule has 0 aliphatic heterocycles. The predicted molar refractivity (Wildman–Crippen MR) is 91.6 cm³/mol. The topological polar surface area (TPSA) is 59.1 Å². The Labute approximate surface area is 149 Å². The van der Waals surface area contributed by atoms with Crippen LogP contribution in [0.5, 0.6) is 0 Å². The first kappa shape index (κ1) is 17.0. The van der Waals surface area contributed by atoms with Crippen LogP contribution in [0.4, 0.5) is 5.69 Å². The molecule has 2 rings (SSSR count). The highest BCUT2D eigenvalue weighted by atomic mass is 79.9. The van der Waals surface area contributed by atoms with Crippen molar-refractivity contribution in [2.75, 3.05) is 4.72 Å². The van der Waals surface area contributed by atoms with E-state index in [1.54, 1.807) is 19.1 Å². The third-order valence-electron chi connectivity index (χ3n) is 2.53. The third kappa shape index (κ3) is 3.90. The maximum absolute atomic E-state index is 12.5. The summed E-state index contributed by atoms with van der Waals surface area (Å²) < 4.78 is 28.6. The van der Waals surface area contributed by atoms with E-state index < -0.39 is 10.0 Å². The van der Waals surface area contributed by atoms with Gasteiger partial charge in [0.25, 0.3) is 10.0 Å². The molecule has 0 saturated carbocycles. The van der Waals surface area contributed by atoms with E-state index in [4.69, 9.17) is 23.2 Å². The summed E-state index contributed by atoms with van der Waals surface area (Å²) in [6.45, 7) is 1.69. The molecule has 0 spiro atoms. The van der Waals surface area contributed by atoms with Gasteiger partial charge in [0, 0.05) is 4.47 Å². The standard InChI is InChI=1S/C12H8Br2Cl2N2O2S/c1-6-10(2-3-11(14)17-6)18-21(19,20)12-8(15)4-7(13)5-9(12)16/h2-5,18H,1H3. The van der Waals surface area contributed by atoms with Gasteiger partial charge in [-0.25, -0.2) is 13.4 Å². The molecule has 1 N–H and O–H groups in total. The molecule has 112 valence electrons. The molecule has 0 unspecified atom stereocenters. The van der Waals surface area contributed by atoms with Gasteiger partial charge in [-0.3, -0.25) is 4.72 Å². The van der Waals surface area contributed by atoms with Crippen LogP contribution in [0.1, 0.15) is 5.69 Å². The van der Waals surface area contributed by atoms with Gasteiger partial charge >= 0.3 is 0 Å². The molecule has 0 aliphatic carbocycles. The quantitative estimate of drug-likeness (QED) is 0.635. The molecule has 2 aromatic rings. The molecular weight excluding hydrogens is 467 g/mol. The van der Waals surface area contributed by atoms with Crippen LogP contribution in [0.3, 0.4) is 0 Å². The first-order chi connectivity index (χ1) is 9.70. The SMILES string of the molecule is Cc1nc(Br)ccc1NS(=O)(=O)c1c(Cl)cc(Br)cc1Cl. The second kappa shape index (κ2) is 6.42. The molecule has 1 aromatic carbocycles. The Morgan fingerprint density at radius 1 is 1.14 bits per heavy atom. The van der Waals surface area contributed by atoms with Crippen LogP contribution in [0.25, 0.3) is 0 Å². The first-order valence-electron chi connectivity index (χ1n) is 5.51. The van der Waals surface area contributed by atoms with Crippen LogP contribution in [-0.4, -0.2) is 13.4 Å². The fraction of sp³-hybridized carbons (Fsp3) is 0.0833. The Bertz CT molecular complexity index is 790. The van der Waals surface area contributed by atoms with Gasteiger partial charge in [0.1, 0.15) is 9.50 Å². The monoisotopic (exact) mass is 472 g/mol. The number of sulfonamides is 1. The molecule has 0 aliphatic rings. The summed E-state index contributed by atoms with van der Waals surface area (Å²) in [5.74, 6) is 0. The van der Waals surface area contributed by atoms with E-state index in [-0.39, 0.29) is 14.9 Å². The minimum absolute atomic E-state index is 0.0320. The number of nitrogens with one attached hydrogen (secondary N) is 1. The van der Waals surface area contributed by atoms with E-state index in [1.807, 2.05) is 0 Å². The minimum atomic E-state index is -3.92. The number of hydrogen-bond donors (Lipinski definition) is 1. The van der Waals surface area contributed by atoms with Gasteiger partial charge in [-0.1, -0.05) is 39.1 Å². The zero-order valence-corrected chi connectivity index (χ0v) is 16.0. The van der Waals surface area contributed by atoms with E-state index >= 15 is 0 Å². The third-order valence-corrected chi connectivity index (χ3v) is 5.71. The molecular formula is C12H8Br2Cl2N2O2S. The lowest BCUT2D eigenvalue weighted by molar-refractivity contribution is 0.601. The molecule has 0 atom stereocenters. The molecule has 9 heteroatoms. The Morgan fingerprint density at radius 3 is 2.24 bits per heavy atom. The van der Waals surface area contributed by atoms with Crippen molar-refractivity contribution in [3.63, 3.8) is 0 Å². The van der Waals surface area contributed by atoms with Gasteiger partial charge in [0.05, 0.1) is 21.4 Å². The number of nitrogens with zero attached hydrogens (tertiary/aromatic N) is 1. The van der Waals surface area contributed by atoms with Gasteiger partial charge in [-0.2, -0.15) is 0 Å². The lowest BCUT2D eigenvalue weighted by atomic mass is 10.3. The average molecular weight is 475 g/mol. The fourth-order valence-corrected chi connectivity index (χ4v) is 5.07. The van der Waals surface area contributed by atoms with Crippen LogP contribution in [0, 0.1) is 6.92 Å². The normalized spacial score (nSPS) is 11.5. The Kier molecular flexibility index (Phi) is 5.20. The van der Waals surface area contributed by atoms with Gasteiger partial charge in [0.2, 0.25) is 0 Å². The Balaban J connectivity index is 2.48. The van der Waals surface area contributed by atoms with Crippen molar-refractivity contribution >= 4 is 70.8 Å². The molecule has 0 fully saturated rings. The molecule has 0 bridgehead atoms. The molecule has 1 heterocycles. The second-order valence-corrected chi connectivity index (χ2v) is 8.23. The van der Waals surface area contributed by atoms with E-state index in [1.165, 1.54) is 12.1 Å². The highest BCUT2D eigenvalue weighted by molar-refractivity contribution is 9.10. The molecule has 4 nitrogen and oxygen atoms in total. The number of pyridine rings is 1. The summed E-state index contributed by atoms with van der Waals surface area (Å²) in [6, 6.07) is 6.17. The van der Waals surface area contributed by atoms with Crippen molar-refractivity contribution in [2.45, 2.75) is 11.8 Å². The summed E-state index contributed by atoms with van der Waals surface area (Å²) in [7, 11) is -3.92.